The fourth-order valence-corrected chi connectivity index (χ4v) is 2.41. The van der Waals surface area contributed by atoms with Crippen LogP contribution in [-0.4, -0.2) is 16.8 Å². The summed E-state index contributed by atoms with van der Waals surface area (Å²) >= 11 is 1.55. The molecule has 0 atom stereocenters. The van der Waals surface area contributed by atoms with Gasteiger partial charge in [0.2, 0.25) is 5.91 Å². The van der Waals surface area contributed by atoms with E-state index >= 15 is 0 Å². The van der Waals surface area contributed by atoms with Gasteiger partial charge in [0.25, 0.3) is 5.91 Å². The molecule has 0 saturated heterocycles. The second kappa shape index (κ2) is 6.29. The van der Waals surface area contributed by atoms with E-state index in [0.717, 1.165) is 9.88 Å². The van der Waals surface area contributed by atoms with Crippen LogP contribution < -0.4 is 10.6 Å². The van der Waals surface area contributed by atoms with Gasteiger partial charge in [-0.3, -0.25) is 9.59 Å². The highest BCUT2D eigenvalue weighted by Crippen LogP contribution is 2.12. The Bertz CT molecular complexity index is 637. The first-order valence-corrected chi connectivity index (χ1v) is 6.93. The molecule has 1 aromatic heterocycles. The van der Waals surface area contributed by atoms with E-state index in [2.05, 4.69) is 15.6 Å². The highest BCUT2D eigenvalue weighted by atomic mass is 32.1. The first kappa shape index (κ1) is 14.2. The van der Waals surface area contributed by atoms with E-state index in [1.165, 1.54) is 6.92 Å². The second-order valence-electron chi connectivity index (χ2n) is 4.31. The number of amides is 2. The molecule has 0 unspecified atom stereocenters. The van der Waals surface area contributed by atoms with Crippen LogP contribution in [0.4, 0.5) is 5.69 Å². The number of carbonyl (C=O) groups excluding carboxylic acids is 2. The third-order valence-electron chi connectivity index (χ3n) is 2.51. The van der Waals surface area contributed by atoms with Gasteiger partial charge < -0.3 is 10.6 Å². The number of aryl methyl sites for hydroxylation is 1. The molecule has 0 saturated carbocycles. The van der Waals surface area contributed by atoms with Gasteiger partial charge in [-0.05, 0) is 25.1 Å². The van der Waals surface area contributed by atoms with Gasteiger partial charge in [0.15, 0.2) is 0 Å². The van der Waals surface area contributed by atoms with E-state index in [1.54, 1.807) is 41.8 Å². The van der Waals surface area contributed by atoms with Crippen molar-refractivity contribution < 1.29 is 9.59 Å². The summed E-state index contributed by atoms with van der Waals surface area (Å²) in [4.78, 5) is 28.3. The molecule has 2 amide bonds. The fraction of sp³-hybridized carbons (Fsp3) is 0.214. The standard InChI is InChI=1S/C14H15N3O2S/c1-9-7-15-13(20-9)8-16-14(19)11-4-3-5-12(6-11)17-10(2)18/h3-7H,8H2,1-2H3,(H,16,19)(H,17,18). The van der Waals surface area contributed by atoms with Crippen LogP contribution in [0.15, 0.2) is 30.5 Å². The van der Waals surface area contributed by atoms with E-state index in [9.17, 15) is 9.59 Å². The molecule has 1 aromatic carbocycles. The van der Waals surface area contributed by atoms with E-state index < -0.39 is 0 Å². The number of benzene rings is 1. The maximum Gasteiger partial charge on any atom is 0.251 e. The summed E-state index contributed by atoms with van der Waals surface area (Å²) in [5.41, 5.74) is 1.11. The molecule has 0 spiro atoms. The number of hydrogen-bond donors (Lipinski definition) is 2. The highest BCUT2D eigenvalue weighted by Gasteiger charge is 2.07. The molecule has 2 rings (SSSR count). The minimum Gasteiger partial charge on any atom is -0.346 e. The monoisotopic (exact) mass is 289 g/mol. The van der Waals surface area contributed by atoms with E-state index in [4.69, 9.17) is 0 Å². The Morgan fingerprint density at radius 1 is 1.35 bits per heavy atom. The van der Waals surface area contributed by atoms with Gasteiger partial charge in [0.05, 0.1) is 6.54 Å². The van der Waals surface area contributed by atoms with Crippen LogP contribution in [-0.2, 0) is 11.3 Å². The van der Waals surface area contributed by atoms with Crippen molar-refractivity contribution in [1.29, 1.82) is 0 Å². The van der Waals surface area contributed by atoms with E-state index in [-0.39, 0.29) is 11.8 Å². The van der Waals surface area contributed by atoms with Gasteiger partial charge in [-0.15, -0.1) is 11.3 Å². The van der Waals surface area contributed by atoms with Crippen molar-refractivity contribution in [2.24, 2.45) is 0 Å². The Morgan fingerprint density at radius 3 is 2.80 bits per heavy atom. The number of anilines is 1. The molecule has 6 heteroatoms. The zero-order valence-corrected chi connectivity index (χ0v) is 12.1. The maximum absolute atomic E-state index is 12.0. The zero-order valence-electron chi connectivity index (χ0n) is 11.3. The van der Waals surface area contributed by atoms with Crippen LogP contribution in [0, 0.1) is 6.92 Å². The average Bonchev–Trinajstić information content (AvgIpc) is 2.81. The molecular formula is C14H15N3O2S. The number of rotatable bonds is 4. The third kappa shape index (κ3) is 3.89. The van der Waals surface area contributed by atoms with Crippen molar-refractivity contribution in [3.63, 3.8) is 0 Å². The molecule has 20 heavy (non-hydrogen) atoms. The molecule has 0 aliphatic carbocycles. The lowest BCUT2D eigenvalue weighted by Crippen LogP contribution is -2.22. The SMILES string of the molecule is CC(=O)Nc1cccc(C(=O)NCc2ncc(C)s2)c1. The molecular weight excluding hydrogens is 274 g/mol. The number of thiazole rings is 1. The summed E-state index contributed by atoms with van der Waals surface area (Å²) in [7, 11) is 0. The van der Waals surface area contributed by atoms with Crippen molar-refractivity contribution in [1.82, 2.24) is 10.3 Å². The summed E-state index contributed by atoms with van der Waals surface area (Å²) < 4.78 is 0. The first-order valence-electron chi connectivity index (χ1n) is 6.12. The average molecular weight is 289 g/mol. The molecule has 0 bridgehead atoms. The molecule has 2 aromatic rings. The summed E-state index contributed by atoms with van der Waals surface area (Å²) in [5, 5.41) is 6.32. The fourth-order valence-electron chi connectivity index (χ4n) is 1.68. The van der Waals surface area contributed by atoms with Crippen molar-refractivity contribution in [2.45, 2.75) is 20.4 Å². The van der Waals surface area contributed by atoms with Crippen LogP contribution in [0.25, 0.3) is 0 Å². The number of nitrogens with one attached hydrogen (secondary N) is 2. The second-order valence-corrected chi connectivity index (χ2v) is 5.63. The Hall–Kier alpha value is -2.21. The minimum atomic E-state index is -0.190. The summed E-state index contributed by atoms with van der Waals surface area (Å²) in [6.07, 6.45) is 1.78. The number of hydrogen-bond acceptors (Lipinski definition) is 4. The van der Waals surface area contributed by atoms with Crippen molar-refractivity contribution in [3.8, 4) is 0 Å². The molecule has 0 fully saturated rings. The van der Waals surface area contributed by atoms with Crippen LogP contribution in [0.1, 0.15) is 27.2 Å². The molecule has 2 N–H and O–H groups in total. The normalized spacial score (nSPS) is 10.1. The third-order valence-corrected chi connectivity index (χ3v) is 3.43. The van der Waals surface area contributed by atoms with Gasteiger partial charge >= 0.3 is 0 Å². The predicted molar refractivity (Wildman–Crippen MR) is 78.8 cm³/mol. The topological polar surface area (TPSA) is 71.1 Å². The molecule has 104 valence electrons. The summed E-state index contributed by atoms with van der Waals surface area (Å²) in [5.74, 6) is -0.356. The van der Waals surface area contributed by atoms with Gasteiger partial charge in [-0.1, -0.05) is 6.07 Å². The van der Waals surface area contributed by atoms with E-state index in [0.29, 0.717) is 17.8 Å². The molecule has 0 aliphatic heterocycles. The number of carbonyl (C=O) groups is 2. The lowest BCUT2D eigenvalue weighted by atomic mass is 10.2. The number of aromatic nitrogens is 1. The Morgan fingerprint density at radius 2 is 2.15 bits per heavy atom. The predicted octanol–water partition coefficient (Wildman–Crippen LogP) is 2.34. The molecule has 1 heterocycles. The highest BCUT2D eigenvalue weighted by molar-refractivity contribution is 7.11. The minimum absolute atomic E-state index is 0.166. The van der Waals surface area contributed by atoms with Crippen molar-refractivity contribution >= 4 is 28.8 Å². The van der Waals surface area contributed by atoms with Crippen molar-refractivity contribution in [3.05, 3.63) is 45.9 Å². The van der Waals surface area contributed by atoms with Crippen LogP contribution >= 0.6 is 11.3 Å². The smallest absolute Gasteiger partial charge is 0.251 e. The Kier molecular flexibility index (Phi) is 4.47. The summed E-state index contributed by atoms with van der Waals surface area (Å²) in [6.45, 7) is 3.80. The van der Waals surface area contributed by atoms with Gasteiger partial charge in [-0.25, -0.2) is 4.98 Å². The van der Waals surface area contributed by atoms with Crippen molar-refractivity contribution in [2.75, 3.05) is 5.32 Å². The zero-order chi connectivity index (χ0) is 14.5. The lowest BCUT2D eigenvalue weighted by Gasteiger charge is -2.06. The number of nitrogens with zero attached hydrogens (tertiary/aromatic N) is 1. The van der Waals surface area contributed by atoms with Crippen LogP contribution in [0.5, 0.6) is 0 Å². The molecule has 0 radical (unpaired) electrons. The van der Waals surface area contributed by atoms with Gasteiger partial charge in [0.1, 0.15) is 5.01 Å². The van der Waals surface area contributed by atoms with Crippen LogP contribution in [0.2, 0.25) is 0 Å². The largest absolute Gasteiger partial charge is 0.346 e. The quantitative estimate of drug-likeness (QED) is 0.907. The van der Waals surface area contributed by atoms with Gasteiger partial charge in [-0.2, -0.15) is 0 Å². The van der Waals surface area contributed by atoms with Crippen LogP contribution in [0.3, 0.4) is 0 Å². The van der Waals surface area contributed by atoms with E-state index in [1.807, 2.05) is 6.92 Å². The van der Waals surface area contributed by atoms with Gasteiger partial charge in [0, 0.05) is 29.2 Å². The Labute approximate surface area is 121 Å². The summed E-state index contributed by atoms with van der Waals surface area (Å²) in [6, 6.07) is 6.81. The molecule has 0 aliphatic rings. The lowest BCUT2D eigenvalue weighted by molar-refractivity contribution is -0.114. The first-order chi connectivity index (χ1) is 9.54. The Balaban J connectivity index is 1.99. The molecule has 5 nitrogen and oxygen atoms in total. The maximum atomic E-state index is 12.0.